The number of amides is 2. The van der Waals surface area contributed by atoms with Crippen molar-refractivity contribution in [2.24, 2.45) is 10.7 Å². The number of pyridine rings is 1. The largest absolute Gasteiger partial charge is 0.495 e. The Kier molecular flexibility index (Phi) is 9.86. The van der Waals surface area contributed by atoms with Crippen molar-refractivity contribution < 1.29 is 37.3 Å². The van der Waals surface area contributed by atoms with Crippen LogP contribution in [0, 0.1) is 5.82 Å². The summed E-state index contributed by atoms with van der Waals surface area (Å²) >= 11 is 6.42. The Morgan fingerprint density at radius 1 is 1.28 bits per heavy atom. The maximum Gasteiger partial charge on any atom is 0.251 e. The molecule has 0 spiro atoms. The smallest absolute Gasteiger partial charge is 0.251 e. The summed E-state index contributed by atoms with van der Waals surface area (Å²) in [6.45, 7) is 5.62. The van der Waals surface area contributed by atoms with Crippen molar-refractivity contribution in [1.29, 1.82) is 0 Å². The van der Waals surface area contributed by atoms with Gasteiger partial charge in [0.15, 0.2) is 5.79 Å². The van der Waals surface area contributed by atoms with E-state index in [1.807, 2.05) is 0 Å². The molecule has 2 amide bonds. The molecule has 1 saturated carbocycles. The van der Waals surface area contributed by atoms with Crippen molar-refractivity contribution >= 4 is 40.9 Å². The first-order chi connectivity index (χ1) is 23.5. The first-order valence-electron chi connectivity index (χ1n) is 15.4. The van der Waals surface area contributed by atoms with E-state index < -0.39 is 46.8 Å². The molecule has 2 heterocycles. The molecule has 50 heavy (non-hydrogen) atoms. The zero-order valence-electron chi connectivity index (χ0n) is 27.5. The number of aliphatic hydroxyl groups is 1. The molecule has 14 heteroatoms. The number of nitrogen functional groups attached to an aromatic ring is 1. The molecule has 0 radical (unpaired) electrons. The van der Waals surface area contributed by atoms with Crippen molar-refractivity contribution in [3.05, 3.63) is 112 Å². The SMILES string of the molecule is C=C/C(F)=C\C(=C(/C)Cl)c1nc([C@](O)(CNC(=O)c2cc(/C=N/C3(F)CC3)c(N)c(OC)c2)c2cccc(F)c2)cc2c1OC[C@]2(C)C(N)=O. The summed E-state index contributed by atoms with van der Waals surface area (Å²) in [4.78, 5) is 35.0. The molecule has 2 atom stereocenters. The number of methoxy groups -OCH3 is 1. The Balaban J connectivity index is 1.65. The molecule has 2 aliphatic rings. The van der Waals surface area contributed by atoms with Gasteiger partial charge in [0.05, 0.1) is 25.0 Å². The second-order valence-corrected chi connectivity index (χ2v) is 12.9. The third-order valence-electron chi connectivity index (χ3n) is 8.70. The standard InChI is InChI=1S/C36H35ClF3N5O5/c1-5-23(38)14-25(19(2)37)30-31-26(34(3,18-50-31)33(42)47)15-28(45-30)36(48,22-7-6-8-24(39)13-22)17-43-32(46)20-11-21(16-44-35(40)9-10-35)29(41)27(12-20)49-4/h5-8,11-16,48H,1,9-10,17-18,41H2,2-4H3,(H2,42,47)(H,43,46)/b23-14+,25-19-,44-16+/t34-,36-/m0/s1. The van der Waals surface area contributed by atoms with Crippen LogP contribution in [0.3, 0.4) is 0 Å². The summed E-state index contributed by atoms with van der Waals surface area (Å²) in [7, 11) is 1.34. The zero-order chi connectivity index (χ0) is 36.6. The highest BCUT2D eigenvalue weighted by molar-refractivity contribution is 6.32. The van der Waals surface area contributed by atoms with E-state index in [1.54, 1.807) is 0 Å². The van der Waals surface area contributed by atoms with Crippen LogP contribution in [0.1, 0.15) is 65.1 Å². The van der Waals surface area contributed by atoms with Crippen molar-refractivity contribution in [2.75, 3.05) is 26.0 Å². The molecule has 1 aromatic heterocycles. The molecule has 1 aliphatic carbocycles. The molecule has 10 nitrogen and oxygen atoms in total. The van der Waals surface area contributed by atoms with Crippen LogP contribution in [-0.2, 0) is 15.8 Å². The predicted molar refractivity (Wildman–Crippen MR) is 184 cm³/mol. The van der Waals surface area contributed by atoms with Gasteiger partial charge in [-0.15, -0.1) is 0 Å². The molecule has 3 aromatic rings. The fourth-order valence-corrected chi connectivity index (χ4v) is 5.52. The number of benzene rings is 2. The Labute approximate surface area is 291 Å². The number of nitrogens with zero attached hydrogens (tertiary/aromatic N) is 2. The number of nitrogens with two attached hydrogens (primary N) is 2. The molecule has 0 unspecified atom stereocenters. The van der Waals surface area contributed by atoms with Crippen LogP contribution in [0.15, 0.2) is 77.0 Å². The molecule has 5 rings (SSSR count). The maximum atomic E-state index is 14.7. The van der Waals surface area contributed by atoms with Gasteiger partial charge in [-0.1, -0.05) is 30.3 Å². The summed E-state index contributed by atoms with van der Waals surface area (Å²) in [6.07, 6.45) is 3.76. The minimum atomic E-state index is -2.29. The summed E-state index contributed by atoms with van der Waals surface area (Å²) < 4.78 is 54.8. The van der Waals surface area contributed by atoms with E-state index >= 15 is 0 Å². The molecule has 1 aliphatic heterocycles. The molecule has 2 aromatic carbocycles. The number of carbonyl (C=O) groups is 2. The summed E-state index contributed by atoms with van der Waals surface area (Å²) in [5.74, 6) is -4.47. The van der Waals surface area contributed by atoms with E-state index in [-0.39, 0.29) is 80.9 Å². The van der Waals surface area contributed by atoms with Gasteiger partial charge < -0.3 is 31.4 Å². The number of aliphatic imine (C=N–C) groups is 1. The molecule has 1 fully saturated rings. The fourth-order valence-electron chi connectivity index (χ4n) is 5.38. The lowest BCUT2D eigenvalue weighted by Gasteiger charge is -2.30. The molecule has 6 N–H and O–H groups in total. The average Bonchev–Trinajstić information content (AvgIpc) is 3.73. The van der Waals surface area contributed by atoms with Gasteiger partial charge >= 0.3 is 0 Å². The van der Waals surface area contributed by atoms with E-state index in [0.29, 0.717) is 0 Å². The number of fused-ring (bicyclic) bond motifs is 1. The van der Waals surface area contributed by atoms with Crippen LogP contribution in [0.4, 0.5) is 18.9 Å². The van der Waals surface area contributed by atoms with Crippen LogP contribution in [0.2, 0.25) is 0 Å². The van der Waals surface area contributed by atoms with Gasteiger partial charge in [0.1, 0.15) is 46.5 Å². The Morgan fingerprint density at radius 3 is 2.60 bits per heavy atom. The molecular formula is C36H35ClF3N5O5. The van der Waals surface area contributed by atoms with Crippen LogP contribution in [0.25, 0.3) is 5.57 Å². The van der Waals surface area contributed by atoms with E-state index in [0.717, 1.165) is 24.3 Å². The average molecular weight is 710 g/mol. The number of nitrogens with one attached hydrogen (secondary N) is 1. The van der Waals surface area contributed by atoms with Gasteiger partial charge in [0, 0.05) is 46.4 Å². The number of halogens is 4. The fraction of sp³-hybridized carbons (Fsp3) is 0.278. The van der Waals surface area contributed by atoms with Crippen molar-refractivity contribution in [2.45, 2.75) is 43.5 Å². The summed E-state index contributed by atoms with van der Waals surface area (Å²) in [6, 6.07) is 9.09. The highest BCUT2D eigenvalue weighted by atomic mass is 35.5. The normalized spacial score (nSPS) is 19.6. The highest BCUT2D eigenvalue weighted by Gasteiger charge is 2.46. The second kappa shape index (κ2) is 13.6. The Morgan fingerprint density at radius 2 is 2.00 bits per heavy atom. The number of primary amides is 1. The number of carbonyl (C=O) groups excluding carboxylic acids is 2. The third kappa shape index (κ3) is 6.96. The predicted octanol–water partition coefficient (Wildman–Crippen LogP) is 5.50. The molecule has 262 valence electrons. The number of alkyl halides is 1. The van der Waals surface area contributed by atoms with Crippen LogP contribution < -0.4 is 26.3 Å². The van der Waals surface area contributed by atoms with Gasteiger partial charge in [-0.25, -0.2) is 18.2 Å². The Hall–Kier alpha value is -5.14. The lowest BCUT2D eigenvalue weighted by atomic mass is 9.80. The lowest BCUT2D eigenvalue weighted by Crippen LogP contribution is -2.43. The number of allylic oxidation sites excluding steroid dienone is 5. The highest BCUT2D eigenvalue weighted by Crippen LogP contribution is 2.46. The van der Waals surface area contributed by atoms with E-state index in [2.05, 4.69) is 21.9 Å². The second-order valence-electron chi connectivity index (χ2n) is 12.3. The molecule has 0 saturated heterocycles. The Bertz CT molecular complexity index is 1990. The minimum Gasteiger partial charge on any atom is -0.495 e. The van der Waals surface area contributed by atoms with Gasteiger partial charge in [0.25, 0.3) is 5.91 Å². The number of anilines is 1. The van der Waals surface area contributed by atoms with E-state index in [9.17, 15) is 27.9 Å². The number of hydrogen-bond donors (Lipinski definition) is 4. The summed E-state index contributed by atoms with van der Waals surface area (Å²) in [5, 5.41) is 15.2. The topological polar surface area (TPSA) is 162 Å². The number of aromatic nitrogens is 1. The molecular weight excluding hydrogens is 675 g/mol. The summed E-state index contributed by atoms with van der Waals surface area (Å²) in [5.41, 5.74) is 8.59. The minimum absolute atomic E-state index is 0.0214. The van der Waals surface area contributed by atoms with Gasteiger partial charge in [-0.2, -0.15) is 0 Å². The quantitative estimate of drug-likeness (QED) is 0.0836. The van der Waals surface area contributed by atoms with Gasteiger partial charge in [0.2, 0.25) is 5.91 Å². The maximum absolute atomic E-state index is 14.7. The van der Waals surface area contributed by atoms with Crippen LogP contribution in [0.5, 0.6) is 11.5 Å². The lowest BCUT2D eigenvalue weighted by molar-refractivity contribution is -0.123. The van der Waals surface area contributed by atoms with Crippen LogP contribution in [-0.4, -0.2) is 54.2 Å². The van der Waals surface area contributed by atoms with E-state index in [4.69, 9.17) is 32.5 Å². The number of ether oxygens (including phenoxy) is 2. The van der Waals surface area contributed by atoms with Crippen LogP contribution >= 0.6 is 11.6 Å². The molecule has 0 bridgehead atoms. The zero-order valence-corrected chi connectivity index (χ0v) is 28.2. The number of hydrogen-bond acceptors (Lipinski definition) is 8. The first-order valence-corrected chi connectivity index (χ1v) is 15.8. The monoisotopic (exact) mass is 709 g/mol. The number of rotatable bonds is 12. The third-order valence-corrected chi connectivity index (χ3v) is 8.91. The van der Waals surface area contributed by atoms with Crippen molar-refractivity contribution in [3.8, 4) is 11.5 Å². The van der Waals surface area contributed by atoms with Gasteiger partial charge in [-0.05, 0) is 61.9 Å². The van der Waals surface area contributed by atoms with E-state index in [1.165, 1.54) is 57.5 Å². The van der Waals surface area contributed by atoms with Crippen molar-refractivity contribution in [1.82, 2.24) is 10.3 Å². The van der Waals surface area contributed by atoms with Gasteiger partial charge in [-0.3, -0.25) is 14.6 Å². The van der Waals surface area contributed by atoms with Crippen molar-refractivity contribution in [3.63, 3.8) is 0 Å². The first kappa shape index (κ1) is 36.1.